The zero-order valence-corrected chi connectivity index (χ0v) is 9.60. The molecule has 0 aromatic heterocycles. The van der Waals surface area contributed by atoms with E-state index in [4.69, 9.17) is 4.74 Å². The average Bonchev–Trinajstić information content (AvgIpc) is 2.26. The van der Waals surface area contributed by atoms with E-state index in [-0.39, 0.29) is 12.5 Å². The summed E-state index contributed by atoms with van der Waals surface area (Å²) in [5.74, 6) is -0.223. The van der Waals surface area contributed by atoms with E-state index in [1.807, 2.05) is 0 Å². The first-order valence-electron chi connectivity index (χ1n) is 4.95. The summed E-state index contributed by atoms with van der Waals surface area (Å²) in [5.41, 5.74) is -0.244. The number of hydrogen-bond donors (Lipinski definition) is 1. The fourth-order valence-corrected chi connectivity index (χ4v) is 1.36. The van der Waals surface area contributed by atoms with Gasteiger partial charge in [-0.05, 0) is 24.7 Å². The van der Waals surface area contributed by atoms with E-state index in [0.717, 1.165) is 6.07 Å². The number of ether oxygens (including phenoxy) is 2. The first-order valence-corrected chi connectivity index (χ1v) is 4.95. The van der Waals surface area contributed by atoms with Gasteiger partial charge < -0.3 is 14.8 Å². The van der Waals surface area contributed by atoms with Gasteiger partial charge in [-0.25, -0.2) is 0 Å². The number of methoxy groups -OCH3 is 1. The second-order valence-corrected chi connectivity index (χ2v) is 3.41. The van der Waals surface area contributed by atoms with Crippen LogP contribution in [0.15, 0.2) is 18.2 Å². The van der Waals surface area contributed by atoms with Gasteiger partial charge in [0.1, 0.15) is 5.75 Å². The highest BCUT2D eigenvalue weighted by Gasteiger charge is 2.34. The topological polar surface area (TPSA) is 30.5 Å². The third kappa shape index (κ3) is 3.90. The van der Waals surface area contributed by atoms with Crippen LogP contribution in [0.1, 0.15) is 11.1 Å². The second kappa shape index (κ2) is 5.88. The summed E-state index contributed by atoms with van der Waals surface area (Å²) < 4.78 is 47.7. The molecule has 0 unspecified atom stereocenters. The molecule has 17 heavy (non-hydrogen) atoms. The minimum atomic E-state index is -4.44. The van der Waals surface area contributed by atoms with Crippen molar-refractivity contribution in [3.63, 3.8) is 0 Å². The highest BCUT2D eigenvalue weighted by atomic mass is 19.4. The molecule has 0 heterocycles. The molecule has 0 saturated heterocycles. The molecule has 0 atom stereocenters. The molecule has 0 fully saturated rings. The van der Waals surface area contributed by atoms with Gasteiger partial charge in [-0.3, -0.25) is 0 Å². The van der Waals surface area contributed by atoms with Gasteiger partial charge in [-0.1, -0.05) is 6.07 Å². The molecule has 0 amide bonds. The Balaban J connectivity index is 3.03. The van der Waals surface area contributed by atoms with Gasteiger partial charge >= 0.3 is 6.18 Å². The quantitative estimate of drug-likeness (QED) is 0.813. The van der Waals surface area contributed by atoms with Crippen LogP contribution in [0.4, 0.5) is 13.2 Å². The molecular weight excluding hydrogens is 235 g/mol. The van der Waals surface area contributed by atoms with Crippen LogP contribution in [0.25, 0.3) is 0 Å². The van der Waals surface area contributed by atoms with Gasteiger partial charge in [0, 0.05) is 13.7 Å². The molecule has 0 spiro atoms. The monoisotopic (exact) mass is 249 g/mol. The summed E-state index contributed by atoms with van der Waals surface area (Å²) in [5, 5.41) is 2.79. The van der Waals surface area contributed by atoms with E-state index in [9.17, 15) is 13.2 Å². The van der Waals surface area contributed by atoms with Crippen molar-refractivity contribution in [2.75, 3.05) is 21.0 Å². The predicted octanol–water partition coefficient (Wildman–Crippen LogP) is 2.41. The van der Waals surface area contributed by atoms with Gasteiger partial charge in [0.2, 0.25) is 0 Å². The number of halogens is 3. The number of benzene rings is 1. The highest BCUT2D eigenvalue weighted by Crippen LogP contribution is 2.36. The minimum absolute atomic E-state index is 0.214. The largest absolute Gasteiger partial charge is 0.467 e. The number of hydrogen-bond acceptors (Lipinski definition) is 3. The van der Waals surface area contributed by atoms with E-state index >= 15 is 0 Å². The van der Waals surface area contributed by atoms with Gasteiger partial charge in [0.15, 0.2) is 6.79 Å². The summed E-state index contributed by atoms with van der Waals surface area (Å²) >= 11 is 0. The summed E-state index contributed by atoms with van der Waals surface area (Å²) in [6.07, 6.45) is -4.44. The number of alkyl halides is 3. The van der Waals surface area contributed by atoms with Crippen molar-refractivity contribution in [2.24, 2.45) is 0 Å². The van der Waals surface area contributed by atoms with E-state index in [0.29, 0.717) is 12.1 Å². The summed E-state index contributed by atoms with van der Waals surface area (Å²) in [4.78, 5) is 0. The van der Waals surface area contributed by atoms with Crippen molar-refractivity contribution in [2.45, 2.75) is 12.7 Å². The van der Waals surface area contributed by atoms with Gasteiger partial charge in [0.05, 0.1) is 5.56 Å². The lowest BCUT2D eigenvalue weighted by atomic mass is 10.1. The molecule has 1 aromatic rings. The Morgan fingerprint density at radius 1 is 1.29 bits per heavy atom. The van der Waals surface area contributed by atoms with Crippen LogP contribution in [0, 0.1) is 0 Å². The zero-order valence-electron chi connectivity index (χ0n) is 9.60. The van der Waals surface area contributed by atoms with Gasteiger partial charge in [-0.2, -0.15) is 13.2 Å². The van der Waals surface area contributed by atoms with Crippen LogP contribution in [-0.2, 0) is 17.5 Å². The number of rotatable bonds is 5. The van der Waals surface area contributed by atoms with Crippen molar-refractivity contribution in [3.8, 4) is 5.75 Å². The lowest BCUT2D eigenvalue weighted by Gasteiger charge is -2.14. The fraction of sp³-hybridized carbons (Fsp3) is 0.455. The first-order chi connectivity index (χ1) is 7.99. The van der Waals surface area contributed by atoms with Crippen molar-refractivity contribution in [1.82, 2.24) is 5.32 Å². The first kappa shape index (κ1) is 13.8. The second-order valence-electron chi connectivity index (χ2n) is 3.41. The van der Waals surface area contributed by atoms with Crippen LogP contribution in [0.5, 0.6) is 5.75 Å². The Bertz CT molecular complexity index is 366. The van der Waals surface area contributed by atoms with Crippen LogP contribution < -0.4 is 10.1 Å². The molecule has 96 valence electrons. The third-order valence-corrected chi connectivity index (χ3v) is 2.06. The van der Waals surface area contributed by atoms with Crippen molar-refractivity contribution < 1.29 is 22.6 Å². The Kier molecular flexibility index (Phi) is 4.77. The Morgan fingerprint density at radius 3 is 2.53 bits per heavy atom. The molecule has 0 bridgehead atoms. The van der Waals surface area contributed by atoms with E-state index in [2.05, 4.69) is 10.1 Å². The summed E-state index contributed by atoms with van der Waals surface area (Å²) in [6, 6.07) is 3.95. The highest BCUT2D eigenvalue weighted by molar-refractivity contribution is 5.39. The maximum absolute atomic E-state index is 12.8. The smallest absolute Gasteiger partial charge is 0.419 e. The molecule has 0 aliphatic rings. The Morgan fingerprint density at radius 2 is 2.00 bits per heavy atom. The molecule has 1 N–H and O–H groups in total. The third-order valence-electron chi connectivity index (χ3n) is 2.06. The van der Waals surface area contributed by atoms with E-state index in [1.165, 1.54) is 13.2 Å². The summed E-state index contributed by atoms with van der Waals surface area (Å²) in [6.45, 7) is 0.155. The maximum Gasteiger partial charge on any atom is 0.419 e. The predicted molar refractivity (Wildman–Crippen MR) is 56.7 cm³/mol. The molecule has 3 nitrogen and oxygen atoms in total. The van der Waals surface area contributed by atoms with Crippen molar-refractivity contribution in [1.29, 1.82) is 0 Å². The lowest BCUT2D eigenvalue weighted by Crippen LogP contribution is -2.12. The minimum Gasteiger partial charge on any atom is -0.467 e. The van der Waals surface area contributed by atoms with E-state index < -0.39 is 11.7 Å². The molecule has 0 aliphatic heterocycles. The molecule has 1 aromatic carbocycles. The Labute approximate surface area is 97.5 Å². The van der Waals surface area contributed by atoms with Crippen LogP contribution in [-0.4, -0.2) is 21.0 Å². The zero-order chi connectivity index (χ0) is 12.9. The van der Waals surface area contributed by atoms with E-state index in [1.54, 1.807) is 13.1 Å². The molecule has 0 aliphatic carbocycles. The van der Waals surface area contributed by atoms with Crippen LogP contribution in [0.3, 0.4) is 0 Å². The molecule has 1 rings (SSSR count). The van der Waals surface area contributed by atoms with Crippen molar-refractivity contribution in [3.05, 3.63) is 29.3 Å². The van der Waals surface area contributed by atoms with Gasteiger partial charge in [-0.15, -0.1) is 0 Å². The normalized spacial score (nSPS) is 11.6. The molecule has 6 heteroatoms. The van der Waals surface area contributed by atoms with Crippen LogP contribution in [0.2, 0.25) is 0 Å². The van der Waals surface area contributed by atoms with Gasteiger partial charge in [0.25, 0.3) is 0 Å². The van der Waals surface area contributed by atoms with Crippen molar-refractivity contribution >= 4 is 0 Å². The SMILES string of the molecule is CNCc1ccc(OCOC)c(C(F)(F)F)c1. The lowest BCUT2D eigenvalue weighted by molar-refractivity contribution is -0.139. The molecule has 0 saturated carbocycles. The summed E-state index contributed by atoms with van der Waals surface area (Å²) in [7, 11) is 3.02. The fourth-order valence-electron chi connectivity index (χ4n) is 1.36. The molecule has 0 radical (unpaired) electrons. The standard InChI is InChI=1S/C11H14F3NO2/c1-15-6-8-3-4-10(17-7-16-2)9(5-8)11(12,13)14/h3-5,15H,6-7H2,1-2H3. The molecular formula is C11H14F3NO2. The Hall–Kier alpha value is -1.27. The maximum atomic E-state index is 12.8. The number of nitrogens with one attached hydrogen (secondary N) is 1. The average molecular weight is 249 g/mol. The van der Waals surface area contributed by atoms with Crippen LogP contribution >= 0.6 is 0 Å².